The van der Waals surface area contributed by atoms with Crippen molar-refractivity contribution in [2.75, 3.05) is 32.5 Å². The van der Waals surface area contributed by atoms with Crippen LogP contribution in [0.25, 0.3) is 5.76 Å². The number of likely N-dealkylation sites (N-methyl/N-ethyl adjacent to an activating group) is 1. The van der Waals surface area contributed by atoms with Gasteiger partial charge in [-0.1, -0.05) is 0 Å². The maximum Gasteiger partial charge on any atom is 0.254 e. The molecule has 0 radical (unpaired) electrons. The number of hydrogen-bond donors (Lipinski definition) is 8. The number of rotatable bonds is 7. The van der Waals surface area contributed by atoms with Crippen molar-refractivity contribution in [3.63, 3.8) is 0 Å². The van der Waals surface area contributed by atoms with Crippen molar-refractivity contribution in [1.29, 1.82) is 5.41 Å². The number of halogens is 1. The molecule has 9 N–H and O–H groups in total. The molecule has 4 aliphatic carbocycles. The Bertz CT molecular complexity index is 1420. The SMILES string of the molecule is CN(C)[C@@H]1C(O)=C(C(N)=O)C(=N)[C@@]2(O)C(=O)C3=C(O)c4c(O)c(NC(=O)CNCC5CC5)cc(F)c4C[C@H]3C[C@@H]12. The Kier molecular flexibility index (Phi) is 6.71. The molecule has 4 aliphatic rings. The third kappa shape index (κ3) is 4.16. The third-order valence-electron chi connectivity index (χ3n) is 8.41. The molecule has 0 heterocycles. The number of aliphatic hydroxyl groups excluding tert-OH is 2. The maximum atomic E-state index is 15.3. The third-order valence-corrected chi connectivity index (χ3v) is 8.41. The van der Waals surface area contributed by atoms with E-state index >= 15 is 4.39 Å². The zero-order chi connectivity index (χ0) is 29.3. The van der Waals surface area contributed by atoms with Crippen LogP contribution in [0.4, 0.5) is 10.1 Å². The number of aromatic hydroxyl groups is 1. The lowest BCUT2D eigenvalue weighted by Crippen LogP contribution is -2.67. The number of nitrogens with two attached hydrogens (primary N) is 1. The van der Waals surface area contributed by atoms with Crippen molar-refractivity contribution in [3.8, 4) is 5.75 Å². The number of anilines is 1. The number of carbonyl (C=O) groups excluding carboxylic acids is 3. The van der Waals surface area contributed by atoms with Gasteiger partial charge in [-0.3, -0.25) is 19.3 Å². The smallest absolute Gasteiger partial charge is 0.254 e. The van der Waals surface area contributed by atoms with E-state index < -0.39 is 81.0 Å². The number of nitrogens with zero attached hydrogens (tertiary/aromatic N) is 1. The Morgan fingerprint density at radius 1 is 1.25 bits per heavy atom. The maximum absolute atomic E-state index is 15.3. The van der Waals surface area contributed by atoms with Crippen LogP contribution in [0, 0.1) is 29.0 Å². The molecule has 13 heteroatoms. The van der Waals surface area contributed by atoms with Gasteiger partial charge in [-0.2, -0.15) is 0 Å². The molecule has 12 nitrogen and oxygen atoms in total. The van der Waals surface area contributed by atoms with Crippen molar-refractivity contribution < 1.29 is 39.2 Å². The lowest BCUT2D eigenvalue weighted by Gasteiger charge is -2.51. The van der Waals surface area contributed by atoms with Crippen LogP contribution in [0.5, 0.6) is 5.75 Å². The summed E-state index contributed by atoms with van der Waals surface area (Å²) in [5.74, 6) is -7.16. The topological polar surface area (TPSA) is 209 Å². The van der Waals surface area contributed by atoms with E-state index in [9.17, 15) is 34.8 Å². The second kappa shape index (κ2) is 9.68. The summed E-state index contributed by atoms with van der Waals surface area (Å²) in [6.07, 6.45) is 1.95. The van der Waals surface area contributed by atoms with Gasteiger partial charge in [-0.05, 0) is 58.2 Å². The van der Waals surface area contributed by atoms with E-state index in [1.807, 2.05) is 0 Å². The molecule has 1 aromatic rings. The first kappa shape index (κ1) is 27.7. The highest BCUT2D eigenvalue weighted by atomic mass is 19.1. The lowest BCUT2D eigenvalue weighted by molar-refractivity contribution is -0.138. The van der Waals surface area contributed by atoms with Gasteiger partial charge in [0.15, 0.2) is 11.4 Å². The van der Waals surface area contributed by atoms with E-state index in [1.165, 1.54) is 4.90 Å². The Morgan fingerprint density at radius 2 is 1.93 bits per heavy atom. The molecule has 5 rings (SSSR count). The Labute approximate surface area is 228 Å². The Hall–Kier alpha value is -3.81. The number of Topliss-reactive ketones (excluding diaryl/α,β-unsaturated/α-hetero) is 1. The average Bonchev–Trinajstić information content (AvgIpc) is 3.68. The summed E-state index contributed by atoms with van der Waals surface area (Å²) in [5.41, 5.74) is 0.0115. The number of hydrogen-bond acceptors (Lipinski definition) is 10. The zero-order valence-electron chi connectivity index (χ0n) is 22.0. The summed E-state index contributed by atoms with van der Waals surface area (Å²) in [7, 11) is 3.10. The summed E-state index contributed by atoms with van der Waals surface area (Å²) in [6, 6.07) is -0.140. The van der Waals surface area contributed by atoms with E-state index in [0.29, 0.717) is 12.5 Å². The van der Waals surface area contributed by atoms with E-state index in [-0.39, 0.29) is 36.2 Å². The van der Waals surface area contributed by atoms with Crippen molar-refractivity contribution in [1.82, 2.24) is 10.2 Å². The van der Waals surface area contributed by atoms with Crippen LogP contribution in [0.1, 0.15) is 30.4 Å². The minimum Gasteiger partial charge on any atom is -0.510 e. The van der Waals surface area contributed by atoms with Crippen LogP contribution < -0.4 is 16.4 Å². The average molecular weight is 558 g/mol. The molecule has 0 unspecified atom stereocenters. The molecule has 40 heavy (non-hydrogen) atoms. The molecule has 214 valence electrons. The van der Waals surface area contributed by atoms with Crippen LogP contribution in [0.2, 0.25) is 0 Å². The van der Waals surface area contributed by atoms with Crippen molar-refractivity contribution in [2.24, 2.45) is 23.5 Å². The Morgan fingerprint density at radius 3 is 2.52 bits per heavy atom. The van der Waals surface area contributed by atoms with Gasteiger partial charge in [0.2, 0.25) is 11.7 Å². The Balaban J connectivity index is 1.55. The summed E-state index contributed by atoms with van der Waals surface area (Å²) >= 11 is 0. The fraction of sp³-hybridized carbons (Fsp3) is 0.481. The van der Waals surface area contributed by atoms with Crippen molar-refractivity contribution in [2.45, 2.75) is 37.3 Å². The molecule has 2 fully saturated rings. The fourth-order valence-electron chi connectivity index (χ4n) is 6.32. The molecule has 0 spiro atoms. The number of fused-ring (bicyclic) bond motifs is 3. The minimum absolute atomic E-state index is 0.0750. The van der Waals surface area contributed by atoms with E-state index in [2.05, 4.69) is 10.6 Å². The molecule has 0 saturated heterocycles. The lowest BCUT2D eigenvalue weighted by atomic mass is 9.57. The second-order valence-corrected chi connectivity index (χ2v) is 11.2. The van der Waals surface area contributed by atoms with Crippen LogP contribution in [-0.4, -0.2) is 87.5 Å². The summed E-state index contributed by atoms with van der Waals surface area (Å²) in [5, 5.41) is 58.7. The van der Waals surface area contributed by atoms with Crippen LogP contribution in [-0.2, 0) is 20.8 Å². The number of benzene rings is 1. The highest BCUT2D eigenvalue weighted by molar-refractivity contribution is 6.34. The normalized spacial score (nSPS) is 27.9. The largest absolute Gasteiger partial charge is 0.510 e. The summed E-state index contributed by atoms with van der Waals surface area (Å²) in [6.45, 7) is 0.584. The van der Waals surface area contributed by atoms with Crippen molar-refractivity contribution in [3.05, 3.63) is 39.9 Å². The quantitative estimate of drug-likeness (QED) is 0.219. The number of carbonyl (C=O) groups is 3. The number of primary amides is 1. The molecular formula is C27H32FN5O7. The zero-order valence-corrected chi connectivity index (χ0v) is 22.0. The number of aliphatic hydroxyl groups is 3. The van der Waals surface area contributed by atoms with Crippen molar-refractivity contribution >= 4 is 34.8 Å². The first-order valence-corrected chi connectivity index (χ1v) is 13.0. The van der Waals surface area contributed by atoms with Gasteiger partial charge in [-0.25, -0.2) is 4.39 Å². The summed E-state index contributed by atoms with van der Waals surface area (Å²) < 4.78 is 15.3. The van der Waals surface area contributed by atoms with Crippen LogP contribution in [0.15, 0.2) is 23.0 Å². The van der Waals surface area contributed by atoms with Gasteiger partial charge >= 0.3 is 0 Å². The van der Waals surface area contributed by atoms with Gasteiger partial charge in [-0.15, -0.1) is 0 Å². The predicted octanol–water partition coefficient (Wildman–Crippen LogP) is 0.492. The molecule has 2 amide bonds. The molecule has 1 aromatic carbocycles. The molecule has 0 bridgehead atoms. The predicted molar refractivity (Wildman–Crippen MR) is 141 cm³/mol. The van der Waals surface area contributed by atoms with E-state index in [1.54, 1.807) is 14.1 Å². The van der Waals surface area contributed by atoms with Crippen LogP contribution in [0.3, 0.4) is 0 Å². The van der Waals surface area contributed by atoms with Crippen LogP contribution >= 0.6 is 0 Å². The number of ketones is 1. The fourth-order valence-corrected chi connectivity index (χ4v) is 6.32. The first-order chi connectivity index (χ1) is 18.8. The van der Waals surface area contributed by atoms with E-state index in [0.717, 1.165) is 18.9 Å². The van der Waals surface area contributed by atoms with Gasteiger partial charge < -0.3 is 42.2 Å². The second-order valence-electron chi connectivity index (χ2n) is 11.2. The number of nitrogens with one attached hydrogen (secondary N) is 3. The summed E-state index contributed by atoms with van der Waals surface area (Å²) in [4.78, 5) is 39.9. The molecule has 4 atom stereocenters. The van der Waals surface area contributed by atoms with E-state index in [4.69, 9.17) is 11.1 Å². The minimum atomic E-state index is -2.64. The van der Waals surface area contributed by atoms with Gasteiger partial charge in [0.1, 0.15) is 22.9 Å². The van der Waals surface area contributed by atoms with Gasteiger partial charge in [0.25, 0.3) is 5.91 Å². The first-order valence-electron chi connectivity index (χ1n) is 13.0. The van der Waals surface area contributed by atoms with Gasteiger partial charge in [0, 0.05) is 23.1 Å². The monoisotopic (exact) mass is 557 g/mol. The highest BCUT2D eigenvalue weighted by Crippen LogP contribution is 2.53. The highest BCUT2D eigenvalue weighted by Gasteiger charge is 2.63. The number of amides is 2. The molecule has 2 saturated carbocycles. The standard InChI is InChI=1S/C27H32FN5O7/c1-33(2)20-13-6-11-5-12-14(28)7-15(32-16(34)9-31-8-10-3-4-10)21(35)18(12)22(36)17(11)25(38)27(13,40)24(29)19(23(20)37)26(30)39/h7,10-11,13,20,29,31,35-37,40H,3-6,8-9H2,1-2H3,(H2,30,39)(H,32,34)/t11-,13-,20-,27+/m0/s1. The molecule has 0 aliphatic heterocycles. The van der Waals surface area contributed by atoms with Gasteiger partial charge in [0.05, 0.1) is 29.5 Å². The number of phenolic OH excluding ortho intramolecular Hbond substituents is 1. The molecule has 0 aromatic heterocycles. The molecular weight excluding hydrogens is 525 g/mol. The number of phenols is 1.